The number of amides is 3. The Balaban J connectivity index is 0.000000253. The molecule has 0 unspecified atom stereocenters. The molecule has 23 heteroatoms. The molecular weight excluding hydrogens is 945 g/mol. The number of amidine groups is 1. The number of benzene rings is 4. The quantitative estimate of drug-likeness (QED) is 0.0179. The number of likely N-dealkylation sites (tertiary alicyclic amines) is 1. The normalized spacial score (nSPS) is 20.2. The maximum Gasteiger partial charge on any atom is 0.414 e. The molecule has 0 aromatic heterocycles. The number of carboxylic acid groups (broad SMARTS) is 1. The molecule has 15 N–H and O–H groups in total. The number of carbonyl (C=O) groups excluding carboxylic acids is 4. The van der Waals surface area contributed by atoms with E-state index in [1.165, 1.54) is 11.9 Å². The number of carboxylic acids is 1. The number of methoxy groups -OCH3 is 1. The number of aliphatic imine (C=N–C) groups is 2. The Morgan fingerprint density at radius 3 is 2.36 bits per heavy atom. The summed E-state index contributed by atoms with van der Waals surface area (Å²) in [7, 11) is 5.10. The standard InChI is InChI=1S/C31H43N7O9.C19H17N5O2/c1-37-13-10-30-24-17-6-7-19(45-3)25(24)47-26(30)20(8-9-31(30,44)21(37)15-17)46-29(43)38(2)14-12-34-27(42)18(5-4-11-35-28(32)33)36-22(39)16-23(40)41;20-17(21)14-2-1-13-10-16(8-5-12(13)9-14)26-18(25)11-3-6-15(7-4-11)24-19(22)23/h6-8,18,21,26,44H,4-5,9-16H2,1-3H3,(H,34,42)(H,36,39)(H,40,41)(H4,32,33,35);1-10H,(H3,20,21)(H4,22,23,24)/t18-,21+,26-,30-,31+;/m0./s1. The Morgan fingerprint density at radius 2 is 1.67 bits per heavy atom. The van der Waals surface area contributed by atoms with E-state index < -0.39 is 59.4 Å². The lowest BCUT2D eigenvalue weighted by atomic mass is 9.50. The fourth-order valence-corrected chi connectivity index (χ4v) is 9.92. The minimum atomic E-state index is -1.33. The molecule has 1 spiro atoms. The van der Waals surface area contributed by atoms with Crippen molar-refractivity contribution in [1.29, 1.82) is 5.41 Å². The van der Waals surface area contributed by atoms with Crippen LogP contribution in [0.1, 0.15) is 59.2 Å². The molecule has 73 heavy (non-hydrogen) atoms. The molecule has 1 fully saturated rings. The summed E-state index contributed by atoms with van der Waals surface area (Å²) in [6, 6.07) is 19.8. The maximum absolute atomic E-state index is 13.3. The number of hydrogen-bond acceptors (Lipinski definition) is 14. The number of nitrogens with zero attached hydrogens (tertiary/aromatic N) is 4. The summed E-state index contributed by atoms with van der Waals surface area (Å²) in [5.74, 6) is -1.49. The van der Waals surface area contributed by atoms with E-state index in [-0.39, 0.29) is 56.3 Å². The molecule has 3 amide bonds. The van der Waals surface area contributed by atoms with Crippen LogP contribution >= 0.6 is 0 Å². The van der Waals surface area contributed by atoms with E-state index >= 15 is 0 Å². The number of ether oxygens (including phenoxy) is 4. The predicted octanol–water partition coefficient (Wildman–Crippen LogP) is 1.42. The van der Waals surface area contributed by atoms with Crippen molar-refractivity contribution in [3.05, 3.63) is 107 Å². The molecule has 8 rings (SSSR count). The van der Waals surface area contributed by atoms with E-state index in [0.717, 1.165) is 28.4 Å². The average molecular weight is 1010 g/mol. The monoisotopic (exact) mass is 1000 g/mol. The Labute approximate surface area is 419 Å². The van der Waals surface area contributed by atoms with Crippen LogP contribution in [0.25, 0.3) is 10.8 Å². The summed E-state index contributed by atoms with van der Waals surface area (Å²) < 4.78 is 23.5. The number of aliphatic hydroxyl groups is 1. The van der Waals surface area contributed by atoms with Crippen molar-refractivity contribution < 1.29 is 53.1 Å². The van der Waals surface area contributed by atoms with Crippen LogP contribution in [-0.2, 0) is 31.0 Å². The average Bonchev–Trinajstić information content (AvgIpc) is 3.70. The zero-order valence-electron chi connectivity index (χ0n) is 40.6. The largest absolute Gasteiger partial charge is 0.493 e. The summed E-state index contributed by atoms with van der Waals surface area (Å²) in [5, 5.41) is 35.6. The zero-order valence-corrected chi connectivity index (χ0v) is 40.6. The van der Waals surface area contributed by atoms with Crippen molar-refractivity contribution in [2.24, 2.45) is 38.7 Å². The predicted molar refractivity (Wildman–Crippen MR) is 270 cm³/mol. The van der Waals surface area contributed by atoms with Gasteiger partial charge in [0.05, 0.1) is 29.4 Å². The Kier molecular flexibility index (Phi) is 15.7. The first-order valence-corrected chi connectivity index (χ1v) is 23.3. The second-order valence-corrected chi connectivity index (χ2v) is 18.1. The molecule has 2 heterocycles. The fraction of sp³-hybridized carbons (Fsp3) is 0.360. The molecular formula is C50H60N12O11. The highest BCUT2D eigenvalue weighted by Crippen LogP contribution is 2.65. The lowest BCUT2D eigenvalue weighted by molar-refractivity contribution is -0.163. The van der Waals surface area contributed by atoms with Crippen molar-refractivity contribution in [2.75, 3.05) is 47.4 Å². The first kappa shape index (κ1) is 52.4. The van der Waals surface area contributed by atoms with Crippen LogP contribution in [-0.4, -0.2) is 139 Å². The smallest absolute Gasteiger partial charge is 0.414 e. The van der Waals surface area contributed by atoms with Gasteiger partial charge in [-0.25, -0.2) is 14.6 Å². The molecule has 2 aliphatic carbocycles. The van der Waals surface area contributed by atoms with E-state index in [1.807, 2.05) is 37.4 Å². The van der Waals surface area contributed by atoms with Crippen LogP contribution in [0.2, 0.25) is 0 Å². The highest BCUT2D eigenvalue weighted by atomic mass is 16.6. The summed E-state index contributed by atoms with van der Waals surface area (Å²) in [6.07, 6.45) is 1.56. The molecule has 0 saturated carbocycles. The summed E-state index contributed by atoms with van der Waals surface area (Å²) >= 11 is 0. The van der Waals surface area contributed by atoms with Gasteiger partial charge in [-0.1, -0.05) is 24.3 Å². The fourth-order valence-electron chi connectivity index (χ4n) is 9.92. The molecule has 5 atom stereocenters. The molecule has 386 valence electrons. The van der Waals surface area contributed by atoms with Gasteiger partial charge in [0.25, 0.3) is 0 Å². The second-order valence-electron chi connectivity index (χ2n) is 18.1. The highest BCUT2D eigenvalue weighted by Gasteiger charge is 2.72. The zero-order chi connectivity index (χ0) is 52.8. The Bertz CT molecular complexity index is 2900. The number of piperidine rings is 1. The van der Waals surface area contributed by atoms with Crippen LogP contribution in [0, 0.1) is 5.41 Å². The topological polar surface area (TPSA) is 372 Å². The first-order chi connectivity index (χ1) is 34.7. The molecule has 2 aliphatic heterocycles. The number of aliphatic carboxylic acids is 1. The van der Waals surface area contributed by atoms with Gasteiger partial charge in [0, 0.05) is 50.3 Å². The third-order valence-electron chi connectivity index (χ3n) is 13.4. The molecule has 4 aromatic rings. The van der Waals surface area contributed by atoms with E-state index in [2.05, 4.69) is 25.5 Å². The third kappa shape index (κ3) is 11.2. The Hall–Kier alpha value is -8.44. The van der Waals surface area contributed by atoms with Crippen molar-refractivity contribution in [3.63, 3.8) is 0 Å². The van der Waals surface area contributed by atoms with Gasteiger partial charge in [-0.3, -0.25) is 24.8 Å². The van der Waals surface area contributed by atoms with Crippen molar-refractivity contribution in [3.8, 4) is 17.2 Å². The van der Waals surface area contributed by atoms with Gasteiger partial charge in [-0.2, -0.15) is 0 Å². The molecule has 4 aliphatic rings. The summed E-state index contributed by atoms with van der Waals surface area (Å²) in [4.78, 5) is 72.7. The number of carbonyl (C=O) groups is 5. The number of nitrogens with two attached hydrogens (primary N) is 5. The Morgan fingerprint density at radius 1 is 0.959 bits per heavy atom. The van der Waals surface area contributed by atoms with Gasteiger partial charge in [0.15, 0.2) is 29.5 Å². The second kappa shape index (κ2) is 21.9. The highest BCUT2D eigenvalue weighted by molar-refractivity contribution is 6.00. The molecule has 23 nitrogen and oxygen atoms in total. The van der Waals surface area contributed by atoms with Crippen molar-refractivity contribution >= 4 is 64.1 Å². The molecule has 0 radical (unpaired) electrons. The number of fused-ring (bicyclic) bond motifs is 1. The lowest BCUT2D eigenvalue weighted by Gasteiger charge is -2.61. The van der Waals surface area contributed by atoms with Gasteiger partial charge in [0.2, 0.25) is 11.8 Å². The number of nitrogens with one attached hydrogen (secondary N) is 3. The van der Waals surface area contributed by atoms with E-state index in [0.29, 0.717) is 59.1 Å². The molecule has 4 aromatic carbocycles. The third-order valence-corrected chi connectivity index (χ3v) is 13.4. The van der Waals surface area contributed by atoms with Crippen LogP contribution in [0.5, 0.6) is 17.2 Å². The maximum atomic E-state index is 13.3. The van der Waals surface area contributed by atoms with Crippen LogP contribution in [0.3, 0.4) is 0 Å². The number of esters is 1. The SMILES string of the molecule is COc1ccc2c3c1O[C@H]1C(OC(=O)N(C)CCNC(=O)[C@H](CCCN=C(N)N)NC(=O)CC(=O)O)=CC[C@@]4(O)[C@@H](C2)N(C)CC[C@]314.N=C(N)c1ccc2cc(OC(=O)c3ccc(N=C(N)N)cc3)ccc2c1. The summed E-state index contributed by atoms with van der Waals surface area (Å²) in [5.41, 5.74) is 28.4. The van der Waals surface area contributed by atoms with Gasteiger partial charge >= 0.3 is 18.0 Å². The number of nitrogen functional groups attached to an aromatic ring is 1. The van der Waals surface area contributed by atoms with Gasteiger partial charge < -0.3 is 78.3 Å². The van der Waals surface area contributed by atoms with E-state index in [9.17, 15) is 29.1 Å². The summed E-state index contributed by atoms with van der Waals surface area (Å²) in [6.45, 7) is 1.03. The van der Waals surface area contributed by atoms with Crippen molar-refractivity contribution in [2.45, 2.75) is 67.7 Å². The first-order valence-electron chi connectivity index (χ1n) is 23.3. The van der Waals surface area contributed by atoms with Crippen LogP contribution in [0.4, 0.5) is 10.5 Å². The van der Waals surface area contributed by atoms with Crippen LogP contribution in [0.15, 0.2) is 94.6 Å². The van der Waals surface area contributed by atoms with Gasteiger partial charge in [-0.15, -0.1) is 0 Å². The molecule has 2 bridgehead atoms. The van der Waals surface area contributed by atoms with Crippen LogP contribution < -0.4 is 53.5 Å². The lowest BCUT2D eigenvalue weighted by Crippen LogP contribution is -2.74. The van der Waals surface area contributed by atoms with Gasteiger partial charge in [-0.05, 0) is 110 Å². The minimum absolute atomic E-state index is 0.00609. The molecule has 1 saturated heterocycles. The van der Waals surface area contributed by atoms with E-state index in [4.69, 9.17) is 58.1 Å². The van der Waals surface area contributed by atoms with Gasteiger partial charge in [0.1, 0.15) is 29.8 Å². The van der Waals surface area contributed by atoms with E-state index in [1.54, 1.807) is 55.7 Å². The minimum Gasteiger partial charge on any atom is -0.493 e. The van der Waals surface area contributed by atoms with Crippen molar-refractivity contribution in [1.82, 2.24) is 20.4 Å². The number of guanidine groups is 2. The number of rotatable bonds is 17. The number of hydrogen-bond donors (Lipinski definition) is 10. The number of likely N-dealkylation sites (N-methyl/N-ethyl adjacent to an activating group) is 2.